The van der Waals surface area contributed by atoms with Gasteiger partial charge in [0.15, 0.2) is 5.75 Å². The van der Waals surface area contributed by atoms with Crippen LogP contribution in [0, 0.1) is 21.4 Å². The molecule has 7 heteroatoms. The number of nitrogens with zero attached hydrogens (tertiary/aromatic N) is 2. The molecule has 1 rings (SSSR count). The molecule has 0 heterocycles. The number of rotatable bonds is 7. The van der Waals surface area contributed by atoms with E-state index in [4.69, 9.17) is 14.7 Å². The molecule has 1 N–H and O–H groups in total. The summed E-state index contributed by atoms with van der Waals surface area (Å²) in [5, 5.41) is 22.8. The van der Waals surface area contributed by atoms with Crippen LogP contribution in [0.25, 0.3) is 0 Å². The summed E-state index contributed by atoms with van der Waals surface area (Å²) in [6, 6.07) is 6.52. The van der Waals surface area contributed by atoms with Gasteiger partial charge in [0.05, 0.1) is 30.8 Å². The third kappa shape index (κ3) is 3.83. The molecule has 0 saturated heterocycles. The predicted octanol–water partition coefficient (Wildman–Crippen LogP) is 1.87. The van der Waals surface area contributed by atoms with Crippen LogP contribution in [-0.4, -0.2) is 31.2 Å². The molecule has 0 aromatic heterocycles. The highest BCUT2D eigenvalue weighted by molar-refractivity contribution is 5.50. The summed E-state index contributed by atoms with van der Waals surface area (Å²) in [5.74, 6) is 0.549. The molecule has 0 radical (unpaired) electrons. The first kappa shape index (κ1) is 15.7. The van der Waals surface area contributed by atoms with Gasteiger partial charge in [-0.25, -0.2) is 0 Å². The van der Waals surface area contributed by atoms with E-state index in [9.17, 15) is 10.1 Å². The lowest BCUT2D eigenvalue weighted by Crippen LogP contribution is -2.39. The van der Waals surface area contributed by atoms with Crippen molar-refractivity contribution in [1.29, 1.82) is 5.26 Å². The van der Waals surface area contributed by atoms with Gasteiger partial charge in [-0.1, -0.05) is 0 Å². The Morgan fingerprint density at radius 2 is 2.25 bits per heavy atom. The second kappa shape index (κ2) is 6.73. The Morgan fingerprint density at radius 3 is 2.75 bits per heavy atom. The molecule has 1 unspecified atom stereocenters. The van der Waals surface area contributed by atoms with Crippen LogP contribution in [-0.2, 0) is 0 Å². The zero-order valence-electron chi connectivity index (χ0n) is 11.7. The van der Waals surface area contributed by atoms with E-state index in [-0.39, 0.29) is 18.0 Å². The molecule has 0 spiro atoms. The van der Waals surface area contributed by atoms with Crippen LogP contribution in [0.5, 0.6) is 11.5 Å². The van der Waals surface area contributed by atoms with Crippen LogP contribution in [0.2, 0.25) is 0 Å². The summed E-state index contributed by atoms with van der Waals surface area (Å²) in [6.07, 6.45) is 0.458. The minimum Gasteiger partial charge on any atom is -0.493 e. The van der Waals surface area contributed by atoms with Gasteiger partial charge in [-0.2, -0.15) is 5.26 Å². The molecule has 0 saturated carbocycles. The number of methoxy groups -OCH3 is 1. The van der Waals surface area contributed by atoms with Crippen molar-refractivity contribution in [3.8, 4) is 17.6 Å². The normalized spacial score (nSPS) is 13.1. The molecule has 108 valence electrons. The highest BCUT2D eigenvalue weighted by Crippen LogP contribution is 2.30. The Kier molecular flexibility index (Phi) is 5.29. The number of nitro groups is 1. The summed E-state index contributed by atoms with van der Waals surface area (Å²) >= 11 is 0. The summed E-state index contributed by atoms with van der Waals surface area (Å²) in [7, 11) is 3.07. The lowest BCUT2D eigenvalue weighted by Gasteiger charge is -2.20. The summed E-state index contributed by atoms with van der Waals surface area (Å²) in [5.41, 5.74) is -0.833. The van der Waals surface area contributed by atoms with E-state index >= 15 is 0 Å². The summed E-state index contributed by atoms with van der Waals surface area (Å²) in [6.45, 7) is 2.03. The minimum atomic E-state index is -0.682. The Labute approximate surface area is 117 Å². The molecule has 0 amide bonds. The molecule has 20 heavy (non-hydrogen) atoms. The van der Waals surface area contributed by atoms with E-state index in [1.165, 1.54) is 19.2 Å². The van der Waals surface area contributed by atoms with Crippen LogP contribution >= 0.6 is 0 Å². The molecule has 1 atom stereocenters. The van der Waals surface area contributed by atoms with Crippen molar-refractivity contribution in [2.24, 2.45) is 0 Å². The van der Waals surface area contributed by atoms with E-state index in [0.29, 0.717) is 12.2 Å². The summed E-state index contributed by atoms with van der Waals surface area (Å²) < 4.78 is 10.3. The standard InChI is InChI=1S/C13H17N3O4/c1-13(9-14,15-2)6-7-20-10-4-5-12(19-3)11(8-10)16(17)18/h4-5,8,15H,6-7H2,1-3H3. The minimum absolute atomic E-state index is 0.151. The second-order valence-electron chi connectivity index (χ2n) is 4.38. The Bertz CT molecular complexity index is 527. The smallest absolute Gasteiger partial charge is 0.314 e. The summed E-state index contributed by atoms with van der Waals surface area (Å²) in [4.78, 5) is 10.3. The van der Waals surface area contributed by atoms with E-state index < -0.39 is 10.5 Å². The van der Waals surface area contributed by atoms with Crippen molar-refractivity contribution in [2.75, 3.05) is 20.8 Å². The lowest BCUT2D eigenvalue weighted by molar-refractivity contribution is -0.385. The highest BCUT2D eigenvalue weighted by Gasteiger charge is 2.21. The van der Waals surface area contributed by atoms with Crippen molar-refractivity contribution in [3.05, 3.63) is 28.3 Å². The average Bonchev–Trinajstić information content (AvgIpc) is 2.46. The highest BCUT2D eigenvalue weighted by atomic mass is 16.6. The van der Waals surface area contributed by atoms with Crippen molar-refractivity contribution in [3.63, 3.8) is 0 Å². The topological polar surface area (TPSA) is 97.4 Å². The van der Waals surface area contributed by atoms with Gasteiger partial charge in [0.1, 0.15) is 11.3 Å². The molecule has 1 aromatic rings. The van der Waals surface area contributed by atoms with Gasteiger partial charge >= 0.3 is 5.69 Å². The number of ether oxygens (including phenoxy) is 2. The fourth-order valence-corrected chi connectivity index (χ4v) is 1.51. The number of hydrogen-bond donors (Lipinski definition) is 1. The van der Waals surface area contributed by atoms with Crippen LogP contribution < -0.4 is 14.8 Å². The van der Waals surface area contributed by atoms with E-state index in [2.05, 4.69) is 11.4 Å². The first-order valence-electron chi connectivity index (χ1n) is 6.01. The maximum Gasteiger partial charge on any atom is 0.314 e. The number of nitrogens with one attached hydrogen (secondary N) is 1. The number of benzene rings is 1. The van der Waals surface area contributed by atoms with Crippen molar-refractivity contribution in [1.82, 2.24) is 5.32 Å². The van der Waals surface area contributed by atoms with Gasteiger partial charge in [0.2, 0.25) is 0 Å². The van der Waals surface area contributed by atoms with Crippen molar-refractivity contribution >= 4 is 5.69 Å². The molecule has 0 aliphatic rings. The Hall–Kier alpha value is -2.33. The maximum atomic E-state index is 10.9. The van der Waals surface area contributed by atoms with Gasteiger partial charge in [0, 0.05) is 6.42 Å². The van der Waals surface area contributed by atoms with Gasteiger partial charge in [-0.05, 0) is 26.1 Å². The van der Waals surface area contributed by atoms with E-state index in [1.54, 1.807) is 20.0 Å². The van der Waals surface area contributed by atoms with Crippen LogP contribution in [0.4, 0.5) is 5.69 Å². The molecule has 7 nitrogen and oxygen atoms in total. The first-order chi connectivity index (χ1) is 9.45. The van der Waals surface area contributed by atoms with Gasteiger partial charge in [-0.3, -0.25) is 10.1 Å². The van der Waals surface area contributed by atoms with Crippen LogP contribution in [0.1, 0.15) is 13.3 Å². The lowest BCUT2D eigenvalue weighted by atomic mass is 10.0. The Balaban J connectivity index is 2.73. The first-order valence-corrected chi connectivity index (χ1v) is 6.01. The van der Waals surface area contributed by atoms with Gasteiger partial charge in [0.25, 0.3) is 0 Å². The monoisotopic (exact) mass is 279 g/mol. The third-order valence-electron chi connectivity index (χ3n) is 3.02. The molecule has 0 fully saturated rings. The molecular formula is C13H17N3O4. The fourth-order valence-electron chi connectivity index (χ4n) is 1.51. The number of nitro benzene ring substituents is 1. The SMILES string of the molecule is CNC(C)(C#N)CCOc1ccc(OC)c([N+](=O)[O-])c1. The van der Waals surface area contributed by atoms with Gasteiger partial charge in [-0.15, -0.1) is 0 Å². The predicted molar refractivity (Wildman–Crippen MR) is 72.8 cm³/mol. The molecule has 1 aromatic carbocycles. The molecule has 0 bridgehead atoms. The zero-order chi connectivity index (χ0) is 15.2. The quantitative estimate of drug-likeness (QED) is 0.604. The molecule has 0 aliphatic carbocycles. The fraction of sp³-hybridized carbons (Fsp3) is 0.462. The maximum absolute atomic E-state index is 10.9. The second-order valence-corrected chi connectivity index (χ2v) is 4.38. The number of nitriles is 1. The molecule has 0 aliphatic heterocycles. The zero-order valence-corrected chi connectivity index (χ0v) is 11.7. The largest absolute Gasteiger partial charge is 0.493 e. The van der Waals surface area contributed by atoms with E-state index in [0.717, 1.165) is 0 Å². The third-order valence-corrected chi connectivity index (χ3v) is 3.02. The van der Waals surface area contributed by atoms with Crippen molar-refractivity contribution < 1.29 is 14.4 Å². The van der Waals surface area contributed by atoms with Crippen LogP contribution in [0.3, 0.4) is 0 Å². The Morgan fingerprint density at radius 1 is 1.55 bits per heavy atom. The van der Waals surface area contributed by atoms with Gasteiger partial charge < -0.3 is 14.8 Å². The van der Waals surface area contributed by atoms with E-state index in [1.807, 2.05) is 0 Å². The van der Waals surface area contributed by atoms with Crippen molar-refractivity contribution in [2.45, 2.75) is 18.9 Å². The number of hydrogen-bond acceptors (Lipinski definition) is 6. The molecular weight excluding hydrogens is 262 g/mol. The van der Waals surface area contributed by atoms with Crippen LogP contribution in [0.15, 0.2) is 18.2 Å². The average molecular weight is 279 g/mol.